The highest BCUT2D eigenvalue weighted by molar-refractivity contribution is 6.30. The fraction of sp³-hybridized carbons (Fsp3) is 0.240. The zero-order valence-electron chi connectivity index (χ0n) is 18.0. The quantitative estimate of drug-likeness (QED) is 0.530. The Kier molecular flexibility index (Phi) is 6.07. The predicted octanol–water partition coefficient (Wildman–Crippen LogP) is 3.99. The first-order valence-corrected chi connectivity index (χ1v) is 10.5. The molecule has 0 spiro atoms. The molecule has 7 nitrogen and oxygen atoms in total. The number of aromatic nitrogens is 2. The number of hydrogen-bond donors (Lipinski definition) is 0. The number of esters is 1. The lowest BCUT2D eigenvalue weighted by Crippen LogP contribution is -2.25. The molecular formula is C25H23N3O4. The Morgan fingerprint density at radius 3 is 2.59 bits per heavy atom. The van der Waals surface area contributed by atoms with Crippen molar-refractivity contribution in [3.8, 4) is 11.1 Å². The number of benzene rings is 2. The Bertz CT molecular complexity index is 1280. The standard InChI is InChI=1S/C25H23N3O4/c1-3-4-10-21-20(23(30)27-25-26-15-22(29)28(21)25)14-16-11-12-18(17-8-6-5-7-9-17)19(13-16)24(31)32-2/h5-9,11-13,15H,3-4,10,14H2,1-2H3. The maximum absolute atomic E-state index is 12.8. The molecule has 0 radical (unpaired) electrons. The minimum absolute atomic E-state index is 0.129. The summed E-state index contributed by atoms with van der Waals surface area (Å²) in [5.74, 6) is -0.622. The van der Waals surface area contributed by atoms with Gasteiger partial charge < -0.3 is 4.74 Å². The molecule has 4 rings (SSSR count). The molecule has 1 aromatic heterocycles. The lowest BCUT2D eigenvalue weighted by molar-refractivity contribution is 0.0601. The van der Waals surface area contributed by atoms with Gasteiger partial charge in [-0.15, -0.1) is 0 Å². The van der Waals surface area contributed by atoms with Crippen molar-refractivity contribution in [1.29, 1.82) is 0 Å². The maximum Gasteiger partial charge on any atom is 0.338 e. The number of carbonyl (C=O) groups excluding carboxylic acids is 2. The lowest BCUT2D eigenvalue weighted by atomic mass is 9.94. The Morgan fingerprint density at radius 2 is 1.88 bits per heavy atom. The Hall–Kier alpha value is -3.87. The number of nitrogens with zero attached hydrogens (tertiary/aromatic N) is 3. The second-order valence-electron chi connectivity index (χ2n) is 7.59. The summed E-state index contributed by atoms with van der Waals surface area (Å²) in [5, 5.41) is 0. The lowest BCUT2D eigenvalue weighted by Gasteiger charge is -2.15. The predicted molar refractivity (Wildman–Crippen MR) is 122 cm³/mol. The summed E-state index contributed by atoms with van der Waals surface area (Å²) in [6.07, 6.45) is 3.74. The minimum Gasteiger partial charge on any atom is -0.465 e. The summed E-state index contributed by atoms with van der Waals surface area (Å²) < 4.78 is 6.42. The molecule has 2 heterocycles. The highest BCUT2D eigenvalue weighted by Crippen LogP contribution is 2.27. The number of carbonyl (C=O) groups is 2. The Balaban J connectivity index is 1.80. The molecule has 0 fully saturated rings. The number of rotatable bonds is 7. The van der Waals surface area contributed by atoms with E-state index in [0.29, 0.717) is 23.2 Å². The van der Waals surface area contributed by atoms with Crippen LogP contribution in [0.25, 0.3) is 11.1 Å². The van der Waals surface area contributed by atoms with Crippen LogP contribution in [0.2, 0.25) is 0 Å². The van der Waals surface area contributed by atoms with Crippen LogP contribution < -0.4 is 5.56 Å². The molecule has 0 N–H and O–H groups in total. The van der Waals surface area contributed by atoms with Crippen LogP contribution in [0.3, 0.4) is 0 Å². The van der Waals surface area contributed by atoms with E-state index in [-0.39, 0.29) is 18.3 Å². The molecule has 0 saturated carbocycles. The summed E-state index contributed by atoms with van der Waals surface area (Å²) in [7, 11) is 1.34. The van der Waals surface area contributed by atoms with Crippen molar-refractivity contribution in [2.75, 3.05) is 7.11 Å². The third-order valence-corrected chi connectivity index (χ3v) is 5.51. The first-order valence-electron chi connectivity index (χ1n) is 10.5. The van der Waals surface area contributed by atoms with E-state index in [2.05, 4.69) is 9.98 Å². The monoisotopic (exact) mass is 429 g/mol. The van der Waals surface area contributed by atoms with Crippen molar-refractivity contribution in [2.45, 2.75) is 32.6 Å². The highest BCUT2D eigenvalue weighted by atomic mass is 16.5. The largest absolute Gasteiger partial charge is 0.465 e. The van der Waals surface area contributed by atoms with Crippen molar-refractivity contribution in [2.24, 2.45) is 4.99 Å². The topological polar surface area (TPSA) is 90.6 Å². The van der Waals surface area contributed by atoms with Crippen molar-refractivity contribution >= 4 is 24.0 Å². The number of ether oxygens (including phenoxy) is 1. The molecule has 2 aromatic carbocycles. The third-order valence-electron chi connectivity index (χ3n) is 5.51. The van der Waals surface area contributed by atoms with Gasteiger partial charge in [0.15, 0.2) is 0 Å². The average Bonchev–Trinajstić information content (AvgIpc) is 3.18. The second kappa shape index (κ2) is 9.09. The van der Waals surface area contributed by atoms with Crippen LogP contribution in [0, 0.1) is 0 Å². The van der Waals surface area contributed by atoms with Crippen molar-refractivity contribution < 1.29 is 14.3 Å². The zero-order chi connectivity index (χ0) is 22.7. The molecule has 0 unspecified atom stereocenters. The summed E-state index contributed by atoms with van der Waals surface area (Å²) in [5.41, 5.74) is 3.50. The SMILES string of the molecule is CCCCc1c(Cc2ccc(-c3ccccc3)c(C(=O)OC)c2)c(=O)nc2n1C(=O)C=N2. The molecule has 0 saturated heterocycles. The number of hydrogen-bond acceptors (Lipinski definition) is 6. The van der Waals surface area contributed by atoms with Gasteiger partial charge in [-0.2, -0.15) is 4.98 Å². The normalized spacial score (nSPS) is 12.1. The average molecular weight is 429 g/mol. The number of unbranched alkanes of at least 4 members (excludes halogenated alkanes) is 1. The van der Waals surface area contributed by atoms with E-state index in [0.717, 1.165) is 29.5 Å². The van der Waals surface area contributed by atoms with E-state index in [1.165, 1.54) is 17.9 Å². The summed E-state index contributed by atoms with van der Waals surface area (Å²) >= 11 is 0. The molecule has 7 heteroatoms. The highest BCUT2D eigenvalue weighted by Gasteiger charge is 2.24. The first kappa shape index (κ1) is 21.4. The van der Waals surface area contributed by atoms with E-state index < -0.39 is 11.5 Å². The Labute approximate surface area is 185 Å². The molecule has 0 amide bonds. The zero-order valence-corrected chi connectivity index (χ0v) is 18.0. The Morgan fingerprint density at radius 1 is 1.09 bits per heavy atom. The van der Waals surface area contributed by atoms with E-state index in [1.807, 2.05) is 49.4 Å². The minimum atomic E-state index is -0.454. The van der Waals surface area contributed by atoms with Crippen LogP contribution in [0.5, 0.6) is 0 Å². The fourth-order valence-corrected chi connectivity index (χ4v) is 3.91. The van der Waals surface area contributed by atoms with Gasteiger partial charge in [0.25, 0.3) is 11.5 Å². The molecule has 0 atom stereocenters. The van der Waals surface area contributed by atoms with Gasteiger partial charge in [0.1, 0.15) is 0 Å². The maximum atomic E-state index is 12.8. The van der Waals surface area contributed by atoms with Gasteiger partial charge in [0.05, 0.1) is 18.9 Å². The molecule has 0 bridgehead atoms. The van der Waals surface area contributed by atoms with Gasteiger partial charge in [-0.1, -0.05) is 55.8 Å². The van der Waals surface area contributed by atoms with Crippen molar-refractivity contribution in [3.05, 3.63) is 81.3 Å². The molecule has 0 aliphatic carbocycles. The van der Waals surface area contributed by atoms with Crippen LogP contribution >= 0.6 is 0 Å². The summed E-state index contributed by atoms with van der Waals surface area (Å²) in [6, 6.07) is 15.0. The van der Waals surface area contributed by atoms with Crippen LogP contribution in [0.4, 0.5) is 5.95 Å². The molecule has 32 heavy (non-hydrogen) atoms. The van der Waals surface area contributed by atoms with Gasteiger partial charge in [0, 0.05) is 17.7 Å². The van der Waals surface area contributed by atoms with Crippen LogP contribution in [0.15, 0.2) is 58.3 Å². The van der Waals surface area contributed by atoms with E-state index in [4.69, 9.17) is 4.74 Å². The fourth-order valence-electron chi connectivity index (χ4n) is 3.91. The van der Waals surface area contributed by atoms with Gasteiger partial charge >= 0.3 is 5.97 Å². The molecule has 162 valence electrons. The molecule has 3 aromatic rings. The van der Waals surface area contributed by atoms with Crippen molar-refractivity contribution in [1.82, 2.24) is 9.55 Å². The van der Waals surface area contributed by atoms with Crippen LogP contribution in [-0.4, -0.2) is 34.8 Å². The van der Waals surface area contributed by atoms with E-state index in [9.17, 15) is 14.4 Å². The smallest absolute Gasteiger partial charge is 0.338 e. The van der Waals surface area contributed by atoms with Crippen LogP contribution in [-0.2, 0) is 17.6 Å². The number of fused-ring (bicyclic) bond motifs is 1. The first-order chi connectivity index (χ1) is 15.5. The van der Waals surface area contributed by atoms with E-state index >= 15 is 0 Å². The number of aliphatic imine (C=N–C) groups is 1. The van der Waals surface area contributed by atoms with Gasteiger partial charge in [0.2, 0.25) is 5.95 Å². The van der Waals surface area contributed by atoms with Gasteiger partial charge in [-0.05, 0) is 35.6 Å². The van der Waals surface area contributed by atoms with Crippen LogP contribution in [0.1, 0.15) is 51.7 Å². The van der Waals surface area contributed by atoms with E-state index in [1.54, 1.807) is 6.07 Å². The number of methoxy groups -OCH3 is 1. The molecule has 1 aliphatic rings. The summed E-state index contributed by atoms with van der Waals surface area (Å²) in [4.78, 5) is 45.7. The van der Waals surface area contributed by atoms with Gasteiger partial charge in [-0.3, -0.25) is 9.59 Å². The van der Waals surface area contributed by atoms with Gasteiger partial charge in [-0.25, -0.2) is 14.4 Å². The molecular weight excluding hydrogens is 406 g/mol. The second-order valence-corrected chi connectivity index (χ2v) is 7.59. The third kappa shape index (κ3) is 4.01. The van der Waals surface area contributed by atoms with Crippen molar-refractivity contribution in [3.63, 3.8) is 0 Å². The molecule has 1 aliphatic heterocycles. The summed E-state index contributed by atoms with van der Waals surface area (Å²) in [6.45, 7) is 2.05.